The highest BCUT2D eigenvalue weighted by Crippen LogP contribution is 2.20. The molecule has 1 N–H and O–H groups in total. The molecule has 0 radical (unpaired) electrons. The molecule has 1 aliphatic heterocycles. The third-order valence-corrected chi connectivity index (χ3v) is 4.91. The van der Waals surface area contributed by atoms with Gasteiger partial charge in [-0.3, -0.25) is 9.59 Å². The minimum Gasteiger partial charge on any atom is -0.496 e. The second kappa shape index (κ2) is 8.82. The van der Waals surface area contributed by atoms with Crippen molar-refractivity contribution in [1.82, 2.24) is 10.2 Å². The van der Waals surface area contributed by atoms with Crippen LogP contribution in [-0.4, -0.2) is 43.0 Å². The van der Waals surface area contributed by atoms with Crippen LogP contribution in [-0.2, 0) is 11.2 Å². The van der Waals surface area contributed by atoms with Gasteiger partial charge in [0.25, 0.3) is 5.91 Å². The van der Waals surface area contributed by atoms with E-state index < -0.39 is 23.1 Å². The largest absolute Gasteiger partial charge is 0.496 e. The van der Waals surface area contributed by atoms with Crippen molar-refractivity contribution in [2.45, 2.75) is 25.3 Å². The fourth-order valence-electron chi connectivity index (χ4n) is 3.37. The zero-order valence-electron chi connectivity index (χ0n) is 15.6. The first-order valence-corrected chi connectivity index (χ1v) is 9.14. The normalized spacial score (nSPS) is 14.6. The van der Waals surface area contributed by atoms with Crippen molar-refractivity contribution in [3.63, 3.8) is 0 Å². The number of para-hydroxylation sites is 1. The van der Waals surface area contributed by atoms with Crippen LogP contribution in [0.15, 0.2) is 42.5 Å². The Morgan fingerprint density at radius 3 is 2.36 bits per heavy atom. The number of rotatable bonds is 5. The average molecular weight is 388 g/mol. The Morgan fingerprint density at radius 1 is 1.07 bits per heavy atom. The van der Waals surface area contributed by atoms with Crippen LogP contribution >= 0.6 is 0 Å². The van der Waals surface area contributed by atoms with Gasteiger partial charge in [0, 0.05) is 24.7 Å². The lowest BCUT2D eigenvalue weighted by Gasteiger charge is -2.32. The van der Waals surface area contributed by atoms with Crippen molar-refractivity contribution in [2.75, 3.05) is 20.2 Å². The Kier molecular flexibility index (Phi) is 6.23. The summed E-state index contributed by atoms with van der Waals surface area (Å²) in [5.74, 6) is -1.89. The van der Waals surface area contributed by atoms with Gasteiger partial charge in [-0.1, -0.05) is 24.3 Å². The van der Waals surface area contributed by atoms with Crippen LogP contribution in [0.2, 0.25) is 0 Å². The Morgan fingerprint density at radius 2 is 1.71 bits per heavy atom. The first-order valence-electron chi connectivity index (χ1n) is 9.14. The van der Waals surface area contributed by atoms with E-state index in [1.807, 2.05) is 24.3 Å². The Balaban J connectivity index is 1.54. The summed E-state index contributed by atoms with van der Waals surface area (Å²) in [5.41, 5.74) is 0.248. The number of amides is 2. The third kappa shape index (κ3) is 4.47. The highest BCUT2D eigenvalue weighted by atomic mass is 19.1. The van der Waals surface area contributed by atoms with E-state index >= 15 is 0 Å². The Bertz CT molecular complexity index is 844. The SMILES string of the molecule is COc1ccccc1CC(=O)N1CCC(NC(=O)c2c(F)cccc2F)CC1. The molecule has 0 bridgehead atoms. The van der Waals surface area contributed by atoms with Crippen LogP contribution < -0.4 is 10.1 Å². The van der Waals surface area contributed by atoms with E-state index in [0.717, 1.165) is 17.7 Å². The van der Waals surface area contributed by atoms with Crippen LogP contribution in [0.1, 0.15) is 28.8 Å². The molecule has 3 rings (SSSR count). The quantitative estimate of drug-likeness (QED) is 0.857. The zero-order valence-corrected chi connectivity index (χ0v) is 15.6. The number of nitrogens with zero attached hydrogens (tertiary/aromatic N) is 1. The van der Waals surface area contributed by atoms with Crippen LogP contribution in [0.3, 0.4) is 0 Å². The molecule has 0 unspecified atom stereocenters. The standard InChI is InChI=1S/C21H22F2N2O3/c1-28-18-8-3-2-5-14(18)13-19(26)25-11-9-15(10-12-25)24-21(27)20-16(22)6-4-7-17(20)23/h2-8,15H,9-13H2,1H3,(H,24,27). The lowest BCUT2D eigenvalue weighted by atomic mass is 10.0. The molecule has 0 aliphatic carbocycles. The summed E-state index contributed by atoms with van der Waals surface area (Å²) >= 11 is 0. The number of ether oxygens (including phenoxy) is 1. The van der Waals surface area contributed by atoms with E-state index in [4.69, 9.17) is 4.74 Å². The summed E-state index contributed by atoms with van der Waals surface area (Å²) in [6, 6.07) is 10.5. The Hall–Kier alpha value is -2.96. The molecular weight excluding hydrogens is 366 g/mol. The number of carbonyl (C=O) groups is 2. The molecule has 1 heterocycles. The summed E-state index contributed by atoms with van der Waals surface area (Å²) in [6.07, 6.45) is 1.29. The fourth-order valence-corrected chi connectivity index (χ4v) is 3.37. The van der Waals surface area contributed by atoms with Crippen LogP contribution in [0.4, 0.5) is 8.78 Å². The molecule has 1 aliphatic rings. The maximum Gasteiger partial charge on any atom is 0.257 e. The highest BCUT2D eigenvalue weighted by molar-refractivity contribution is 5.95. The molecule has 0 saturated carbocycles. The van der Waals surface area contributed by atoms with Crippen molar-refractivity contribution >= 4 is 11.8 Å². The molecule has 1 fully saturated rings. The van der Waals surface area contributed by atoms with E-state index in [1.54, 1.807) is 12.0 Å². The van der Waals surface area contributed by atoms with E-state index in [2.05, 4.69) is 5.32 Å². The van der Waals surface area contributed by atoms with Gasteiger partial charge in [-0.05, 0) is 31.0 Å². The fraction of sp³-hybridized carbons (Fsp3) is 0.333. The number of hydrogen-bond acceptors (Lipinski definition) is 3. The number of carbonyl (C=O) groups excluding carboxylic acids is 2. The monoisotopic (exact) mass is 388 g/mol. The van der Waals surface area contributed by atoms with Crippen LogP contribution in [0.5, 0.6) is 5.75 Å². The summed E-state index contributed by atoms with van der Waals surface area (Å²) in [7, 11) is 1.57. The topological polar surface area (TPSA) is 58.6 Å². The molecule has 0 aromatic heterocycles. The highest BCUT2D eigenvalue weighted by Gasteiger charge is 2.26. The van der Waals surface area contributed by atoms with Crippen molar-refractivity contribution in [3.8, 4) is 5.75 Å². The predicted molar refractivity (Wildman–Crippen MR) is 100 cm³/mol. The molecule has 1 saturated heterocycles. The number of hydrogen-bond donors (Lipinski definition) is 1. The molecule has 2 amide bonds. The second-order valence-electron chi connectivity index (χ2n) is 6.71. The minimum absolute atomic E-state index is 0.0191. The molecule has 0 atom stereocenters. The van der Waals surface area contributed by atoms with Gasteiger partial charge in [0.15, 0.2) is 0 Å². The Labute approximate surface area is 162 Å². The summed E-state index contributed by atoms with van der Waals surface area (Å²) in [6.45, 7) is 0.942. The smallest absolute Gasteiger partial charge is 0.257 e. The predicted octanol–water partition coefficient (Wildman–Crippen LogP) is 2.94. The van der Waals surface area contributed by atoms with Gasteiger partial charge in [-0.15, -0.1) is 0 Å². The third-order valence-electron chi connectivity index (χ3n) is 4.91. The van der Waals surface area contributed by atoms with Gasteiger partial charge in [0.2, 0.25) is 5.91 Å². The van der Waals surface area contributed by atoms with E-state index in [0.29, 0.717) is 31.7 Å². The maximum absolute atomic E-state index is 13.7. The molecule has 148 valence electrons. The lowest BCUT2D eigenvalue weighted by Crippen LogP contribution is -2.47. The molecular formula is C21H22F2N2O3. The summed E-state index contributed by atoms with van der Waals surface area (Å²) in [5, 5.41) is 2.67. The molecule has 2 aromatic carbocycles. The maximum atomic E-state index is 13.7. The number of likely N-dealkylation sites (tertiary alicyclic amines) is 1. The van der Waals surface area contributed by atoms with Gasteiger partial charge in [-0.2, -0.15) is 0 Å². The molecule has 28 heavy (non-hydrogen) atoms. The van der Waals surface area contributed by atoms with Crippen LogP contribution in [0.25, 0.3) is 0 Å². The zero-order chi connectivity index (χ0) is 20.1. The van der Waals surface area contributed by atoms with Crippen molar-refractivity contribution in [3.05, 3.63) is 65.2 Å². The first-order chi connectivity index (χ1) is 13.5. The first kappa shape index (κ1) is 19.8. The average Bonchev–Trinajstić information content (AvgIpc) is 2.68. The number of piperidine rings is 1. The number of nitrogens with one attached hydrogen (secondary N) is 1. The minimum atomic E-state index is -0.887. The number of methoxy groups -OCH3 is 1. The molecule has 0 spiro atoms. The van der Waals surface area contributed by atoms with Gasteiger partial charge in [0.05, 0.1) is 13.5 Å². The van der Waals surface area contributed by atoms with Gasteiger partial charge >= 0.3 is 0 Å². The van der Waals surface area contributed by atoms with Crippen molar-refractivity contribution < 1.29 is 23.1 Å². The number of halogens is 2. The van der Waals surface area contributed by atoms with E-state index in [9.17, 15) is 18.4 Å². The van der Waals surface area contributed by atoms with Gasteiger partial charge < -0.3 is 15.0 Å². The van der Waals surface area contributed by atoms with Gasteiger partial charge in [0.1, 0.15) is 22.9 Å². The van der Waals surface area contributed by atoms with E-state index in [1.165, 1.54) is 6.07 Å². The second-order valence-corrected chi connectivity index (χ2v) is 6.71. The lowest BCUT2D eigenvalue weighted by molar-refractivity contribution is -0.131. The van der Waals surface area contributed by atoms with Crippen LogP contribution in [0, 0.1) is 11.6 Å². The molecule has 5 nitrogen and oxygen atoms in total. The molecule has 2 aromatic rings. The molecule has 7 heteroatoms. The number of benzene rings is 2. The van der Waals surface area contributed by atoms with Crippen molar-refractivity contribution in [2.24, 2.45) is 0 Å². The van der Waals surface area contributed by atoms with Crippen molar-refractivity contribution in [1.29, 1.82) is 0 Å². The summed E-state index contributed by atoms with van der Waals surface area (Å²) < 4.78 is 32.7. The van der Waals surface area contributed by atoms with E-state index in [-0.39, 0.29) is 18.4 Å². The summed E-state index contributed by atoms with van der Waals surface area (Å²) in [4.78, 5) is 26.5. The van der Waals surface area contributed by atoms with Gasteiger partial charge in [-0.25, -0.2) is 8.78 Å².